The highest BCUT2D eigenvalue weighted by Crippen LogP contribution is 2.11. The minimum absolute atomic E-state index is 0.0112. The summed E-state index contributed by atoms with van der Waals surface area (Å²) in [5.41, 5.74) is 0.666. The molecule has 134 valence electrons. The Hall–Kier alpha value is -3.60. The molecule has 2 N–H and O–H groups in total. The van der Waals surface area contributed by atoms with E-state index in [4.69, 9.17) is 4.52 Å². The second-order valence-corrected chi connectivity index (χ2v) is 5.28. The summed E-state index contributed by atoms with van der Waals surface area (Å²) in [6.07, 6.45) is 0.525. The normalized spacial score (nSPS) is 11.9. The molecule has 11 nitrogen and oxygen atoms in total. The van der Waals surface area contributed by atoms with Crippen molar-refractivity contribution in [2.75, 3.05) is 6.54 Å². The average molecular weight is 358 g/mol. The third kappa shape index (κ3) is 4.08. The Morgan fingerprint density at radius 2 is 2.12 bits per heavy atom. The molecule has 0 saturated heterocycles. The molecule has 0 fully saturated rings. The summed E-state index contributed by atoms with van der Waals surface area (Å²) < 4.78 is 6.11. The van der Waals surface area contributed by atoms with Crippen LogP contribution < -0.4 is 5.32 Å². The van der Waals surface area contributed by atoms with E-state index < -0.39 is 16.9 Å². The molecule has 0 aliphatic carbocycles. The van der Waals surface area contributed by atoms with Crippen LogP contribution >= 0.6 is 0 Å². The van der Waals surface area contributed by atoms with Gasteiger partial charge in [-0.1, -0.05) is 35.5 Å². The lowest BCUT2D eigenvalue weighted by molar-refractivity contribution is -0.389. The number of hydrogen-bond acceptors (Lipinski definition) is 8. The fraction of sp³-hybridized carbons (Fsp3) is 0.200. The minimum Gasteiger partial charge on any atom is -0.387 e. The van der Waals surface area contributed by atoms with Crippen LogP contribution in [-0.4, -0.2) is 42.4 Å². The highest BCUT2D eigenvalue weighted by atomic mass is 16.6. The maximum absolute atomic E-state index is 12.0. The van der Waals surface area contributed by atoms with Gasteiger partial charge in [0.2, 0.25) is 0 Å². The van der Waals surface area contributed by atoms with Crippen molar-refractivity contribution in [3.05, 3.63) is 70.0 Å². The van der Waals surface area contributed by atoms with Crippen molar-refractivity contribution in [2.24, 2.45) is 0 Å². The molecule has 11 heteroatoms. The Kier molecular flexibility index (Phi) is 4.99. The topological polar surface area (TPSA) is 149 Å². The number of amides is 1. The summed E-state index contributed by atoms with van der Waals surface area (Å²) in [7, 11) is 0. The number of rotatable bonds is 7. The third-order valence-electron chi connectivity index (χ3n) is 3.42. The largest absolute Gasteiger partial charge is 0.389 e. The third-order valence-corrected chi connectivity index (χ3v) is 3.42. The van der Waals surface area contributed by atoms with Crippen LogP contribution in [-0.2, 0) is 6.54 Å². The Morgan fingerprint density at radius 1 is 1.35 bits per heavy atom. The molecule has 0 spiro atoms. The van der Waals surface area contributed by atoms with Crippen molar-refractivity contribution in [3.8, 4) is 0 Å². The average Bonchev–Trinajstić information content (AvgIpc) is 3.30. The number of nitrogens with zero attached hydrogens (tertiary/aromatic N) is 5. The molecule has 1 aromatic carbocycles. The van der Waals surface area contributed by atoms with Gasteiger partial charge in [0, 0.05) is 6.54 Å². The van der Waals surface area contributed by atoms with E-state index in [9.17, 15) is 20.0 Å². The van der Waals surface area contributed by atoms with E-state index in [0.717, 1.165) is 0 Å². The maximum atomic E-state index is 12.0. The van der Waals surface area contributed by atoms with E-state index in [1.165, 1.54) is 16.9 Å². The molecule has 0 unspecified atom stereocenters. The van der Waals surface area contributed by atoms with E-state index >= 15 is 0 Å². The highest BCUT2D eigenvalue weighted by molar-refractivity contribution is 5.89. The number of aliphatic hydroxyl groups is 1. The SMILES string of the molecule is O=C(NC[C@H](O)c1ccccc1)c1nc(Cn2ccc([N+](=O)[O-])n2)no1. The van der Waals surface area contributed by atoms with Crippen molar-refractivity contribution in [1.29, 1.82) is 0 Å². The summed E-state index contributed by atoms with van der Waals surface area (Å²) in [6.45, 7) is -0.0107. The number of aromatic nitrogens is 4. The van der Waals surface area contributed by atoms with E-state index in [-0.39, 0.29) is 30.6 Å². The van der Waals surface area contributed by atoms with Gasteiger partial charge in [0.25, 0.3) is 0 Å². The summed E-state index contributed by atoms with van der Waals surface area (Å²) >= 11 is 0. The molecule has 2 heterocycles. The van der Waals surface area contributed by atoms with Crippen LogP contribution in [0.25, 0.3) is 0 Å². The van der Waals surface area contributed by atoms with Crippen LogP contribution in [0.1, 0.15) is 28.2 Å². The molecule has 0 aliphatic heterocycles. The molecule has 0 radical (unpaired) electrons. The van der Waals surface area contributed by atoms with Crippen molar-refractivity contribution in [1.82, 2.24) is 25.2 Å². The predicted molar refractivity (Wildman–Crippen MR) is 86.0 cm³/mol. The standard InChI is InChI=1S/C15H14N6O5/c22-11(10-4-2-1-3-5-10)8-16-14(23)15-17-12(19-26-15)9-20-7-6-13(18-20)21(24)25/h1-7,11,22H,8-9H2,(H,16,23)/t11-/m0/s1. The van der Waals surface area contributed by atoms with Crippen molar-refractivity contribution in [3.63, 3.8) is 0 Å². The number of benzene rings is 1. The molecule has 1 atom stereocenters. The lowest BCUT2D eigenvalue weighted by atomic mass is 10.1. The van der Waals surface area contributed by atoms with Crippen LogP contribution in [0.3, 0.4) is 0 Å². The minimum atomic E-state index is -0.868. The molecule has 0 bridgehead atoms. The van der Waals surface area contributed by atoms with Gasteiger partial charge in [0.05, 0.1) is 23.5 Å². The van der Waals surface area contributed by atoms with Crippen molar-refractivity contribution >= 4 is 11.7 Å². The van der Waals surface area contributed by atoms with Gasteiger partial charge in [0.1, 0.15) is 6.54 Å². The first kappa shape index (κ1) is 17.2. The van der Waals surface area contributed by atoms with Gasteiger partial charge in [0.15, 0.2) is 5.82 Å². The fourth-order valence-corrected chi connectivity index (χ4v) is 2.15. The quantitative estimate of drug-likeness (QED) is 0.462. The van der Waals surface area contributed by atoms with Gasteiger partial charge in [-0.15, -0.1) is 0 Å². The van der Waals surface area contributed by atoms with Gasteiger partial charge < -0.3 is 25.1 Å². The monoisotopic (exact) mass is 358 g/mol. The first-order valence-corrected chi connectivity index (χ1v) is 7.54. The molecule has 3 aromatic rings. The van der Waals surface area contributed by atoms with Gasteiger partial charge >= 0.3 is 17.6 Å². The van der Waals surface area contributed by atoms with Crippen LogP contribution in [0.5, 0.6) is 0 Å². The number of nitro groups is 1. The zero-order chi connectivity index (χ0) is 18.5. The zero-order valence-corrected chi connectivity index (χ0v) is 13.3. The van der Waals surface area contributed by atoms with Crippen LogP contribution in [0.4, 0.5) is 5.82 Å². The first-order chi connectivity index (χ1) is 12.5. The molecular formula is C15H14N6O5. The molecule has 1 amide bonds. The van der Waals surface area contributed by atoms with E-state index in [1.54, 1.807) is 24.3 Å². The Morgan fingerprint density at radius 3 is 2.81 bits per heavy atom. The molecule has 0 aliphatic rings. The summed E-state index contributed by atoms with van der Waals surface area (Å²) in [6, 6.07) is 10.1. The Balaban J connectivity index is 1.56. The smallest absolute Gasteiger partial charge is 0.387 e. The number of nitrogens with one attached hydrogen (secondary N) is 1. The molecular weight excluding hydrogens is 344 g/mol. The number of carbonyl (C=O) groups is 1. The lowest BCUT2D eigenvalue weighted by Crippen LogP contribution is -2.28. The summed E-state index contributed by atoms with van der Waals surface area (Å²) in [5.74, 6) is -1.08. The van der Waals surface area contributed by atoms with E-state index in [1.807, 2.05) is 6.07 Å². The molecule has 2 aromatic heterocycles. The Labute approximate surface area is 146 Å². The lowest BCUT2D eigenvalue weighted by Gasteiger charge is -2.10. The zero-order valence-electron chi connectivity index (χ0n) is 13.3. The van der Waals surface area contributed by atoms with Gasteiger partial charge in [-0.05, 0) is 10.5 Å². The van der Waals surface area contributed by atoms with Crippen LogP contribution in [0.15, 0.2) is 47.1 Å². The van der Waals surface area contributed by atoms with Crippen LogP contribution in [0.2, 0.25) is 0 Å². The second kappa shape index (κ2) is 7.53. The maximum Gasteiger partial charge on any atom is 0.389 e. The number of aliphatic hydroxyl groups excluding tert-OH is 1. The van der Waals surface area contributed by atoms with Gasteiger partial charge in [-0.25, -0.2) is 0 Å². The fourth-order valence-electron chi connectivity index (χ4n) is 2.15. The van der Waals surface area contributed by atoms with Crippen LogP contribution in [0, 0.1) is 10.1 Å². The molecule has 3 rings (SSSR count). The van der Waals surface area contributed by atoms with E-state index in [0.29, 0.717) is 5.56 Å². The van der Waals surface area contributed by atoms with Gasteiger partial charge in [-0.2, -0.15) is 9.67 Å². The van der Waals surface area contributed by atoms with Crippen molar-refractivity contribution in [2.45, 2.75) is 12.6 Å². The summed E-state index contributed by atoms with van der Waals surface area (Å²) in [5, 5.41) is 30.5. The Bertz CT molecular complexity index is 906. The number of carbonyl (C=O) groups excluding carboxylic acids is 1. The first-order valence-electron chi connectivity index (χ1n) is 7.54. The highest BCUT2D eigenvalue weighted by Gasteiger charge is 2.18. The van der Waals surface area contributed by atoms with E-state index in [2.05, 4.69) is 20.6 Å². The molecule has 0 saturated carbocycles. The predicted octanol–water partition coefficient (Wildman–Crippen LogP) is 0.686. The number of hydrogen-bond donors (Lipinski definition) is 2. The molecule has 26 heavy (non-hydrogen) atoms. The van der Waals surface area contributed by atoms with Gasteiger partial charge in [-0.3, -0.25) is 4.79 Å². The van der Waals surface area contributed by atoms with Crippen molar-refractivity contribution < 1.29 is 19.3 Å². The second-order valence-electron chi connectivity index (χ2n) is 5.28. The summed E-state index contributed by atoms with van der Waals surface area (Å²) in [4.78, 5) is 25.9.